The number of hydrogen-bond donors (Lipinski definition) is 1. The molecular weight excluding hydrogens is 206 g/mol. The van der Waals surface area contributed by atoms with Crippen LogP contribution in [0.2, 0.25) is 0 Å². The van der Waals surface area contributed by atoms with E-state index in [-0.39, 0.29) is 18.8 Å². The summed E-state index contributed by atoms with van der Waals surface area (Å²) in [5.41, 5.74) is 0. The topological polar surface area (TPSA) is 74.7 Å². The summed E-state index contributed by atoms with van der Waals surface area (Å²) in [5.74, 6) is -0.941. The maximum absolute atomic E-state index is 11.3. The maximum atomic E-state index is 11.3. The van der Waals surface area contributed by atoms with Crippen LogP contribution in [0, 0.1) is 0 Å². The second-order valence-electron chi connectivity index (χ2n) is 3.55. The lowest BCUT2D eigenvalue weighted by Gasteiger charge is -2.14. The average molecular weight is 223 g/mol. The Morgan fingerprint density at radius 3 is 2.29 bits per heavy atom. The Morgan fingerprint density at radius 1 is 1.43 bits per heavy atom. The van der Waals surface area contributed by atoms with E-state index >= 15 is 0 Å². The normalized spacial score (nSPS) is 12.4. The molecule has 0 unspecified atom stereocenters. The van der Waals surface area contributed by atoms with E-state index in [4.69, 9.17) is 5.11 Å². The zero-order chi connectivity index (χ0) is 11.4. The maximum Gasteiger partial charge on any atom is 0.317 e. The van der Waals surface area contributed by atoms with Crippen molar-refractivity contribution in [3.63, 3.8) is 0 Å². The average Bonchev–Trinajstić information content (AvgIpc) is 1.99. The first-order valence-electron chi connectivity index (χ1n) is 4.37. The standard InChI is InChI=1S/C8H17NO4S/c1-7(2)14(12,13)5-4-9(3)6-8(10)11/h7H,4-6H2,1-3H3,(H,10,11). The summed E-state index contributed by atoms with van der Waals surface area (Å²) < 4.78 is 22.7. The van der Waals surface area contributed by atoms with Crippen LogP contribution in [-0.2, 0) is 14.6 Å². The third-order valence-electron chi connectivity index (χ3n) is 1.88. The van der Waals surface area contributed by atoms with E-state index in [0.717, 1.165) is 0 Å². The van der Waals surface area contributed by atoms with Crippen LogP contribution in [-0.4, -0.2) is 55.5 Å². The van der Waals surface area contributed by atoms with E-state index in [1.165, 1.54) is 4.90 Å². The molecule has 0 aliphatic heterocycles. The second kappa shape index (κ2) is 5.31. The van der Waals surface area contributed by atoms with Gasteiger partial charge >= 0.3 is 5.97 Å². The van der Waals surface area contributed by atoms with Crippen molar-refractivity contribution in [1.29, 1.82) is 0 Å². The van der Waals surface area contributed by atoms with Gasteiger partial charge in [-0.05, 0) is 20.9 Å². The van der Waals surface area contributed by atoms with Crippen molar-refractivity contribution < 1.29 is 18.3 Å². The first-order chi connectivity index (χ1) is 6.25. The van der Waals surface area contributed by atoms with Gasteiger partial charge in [0.2, 0.25) is 0 Å². The molecule has 84 valence electrons. The van der Waals surface area contributed by atoms with Crippen LogP contribution in [0.5, 0.6) is 0 Å². The summed E-state index contributed by atoms with van der Waals surface area (Å²) >= 11 is 0. The molecule has 0 bridgehead atoms. The Hall–Kier alpha value is -0.620. The number of likely N-dealkylation sites (N-methyl/N-ethyl adjacent to an activating group) is 1. The zero-order valence-electron chi connectivity index (χ0n) is 8.73. The fourth-order valence-corrected chi connectivity index (χ4v) is 1.87. The number of hydrogen-bond acceptors (Lipinski definition) is 4. The lowest BCUT2D eigenvalue weighted by Crippen LogP contribution is -2.32. The third kappa shape index (κ3) is 5.18. The molecule has 0 aliphatic rings. The molecule has 0 aromatic rings. The highest BCUT2D eigenvalue weighted by molar-refractivity contribution is 7.92. The minimum atomic E-state index is -3.06. The van der Waals surface area contributed by atoms with E-state index in [0.29, 0.717) is 0 Å². The molecule has 5 nitrogen and oxygen atoms in total. The fourth-order valence-electron chi connectivity index (χ4n) is 0.829. The van der Waals surface area contributed by atoms with Crippen molar-refractivity contribution in [2.45, 2.75) is 19.1 Å². The van der Waals surface area contributed by atoms with E-state index in [2.05, 4.69) is 0 Å². The van der Waals surface area contributed by atoms with Crippen LogP contribution in [0.15, 0.2) is 0 Å². The molecule has 0 heterocycles. The van der Waals surface area contributed by atoms with Crippen molar-refractivity contribution >= 4 is 15.8 Å². The molecule has 0 saturated heterocycles. The SMILES string of the molecule is CC(C)S(=O)(=O)CCN(C)CC(=O)O. The van der Waals surface area contributed by atoms with Crippen LogP contribution in [0.4, 0.5) is 0 Å². The Labute approximate surface area is 84.6 Å². The molecule has 6 heteroatoms. The molecule has 0 spiro atoms. The first kappa shape index (κ1) is 13.4. The minimum absolute atomic E-state index is 0.00838. The van der Waals surface area contributed by atoms with Gasteiger partial charge in [-0.15, -0.1) is 0 Å². The summed E-state index contributed by atoms with van der Waals surface area (Å²) in [6.45, 7) is 3.36. The van der Waals surface area contributed by atoms with Crippen molar-refractivity contribution in [2.24, 2.45) is 0 Å². The van der Waals surface area contributed by atoms with Gasteiger partial charge in [-0.3, -0.25) is 9.69 Å². The van der Waals surface area contributed by atoms with Gasteiger partial charge in [0.25, 0.3) is 0 Å². The number of sulfone groups is 1. The number of nitrogens with zero attached hydrogens (tertiary/aromatic N) is 1. The van der Waals surface area contributed by atoms with E-state index < -0.39 is 21.1 Å². The van der Waals surface area contributed by atoms with Gasteiger partial charge in [-0.1, -0.05) is 0 Å². The van der Waals surface area contributed by atoms with Crippen LogP contribution < -0.4 is 0 Å². The Balaban J connectivity index is 4.01. The molecule has 0 radical (unpaired) electrons. The predicted molar refractivity (Wildman–Crippen MR) is 54.1 cm³/mol. The van der Waals surface area contributed by atoms with Crippen molar-refractivity contribution in [1.82, 2.24) is 4.90 Å². The molecule has 0 fully saturated rings. The monoisotopic (exact) mass is 223 g/mol. The largest absolute Gasteiger partial charge is 0.480 e. The van der Waals surface area contributed by atoms with E-state index in [1.807, 2.05) is 0 Å². The molecule has 0 aromatic carbocycles. The Morgan fingerprint density at radius 2 is 1.93 bits per heavy atom. The number of carboxylic acid groups (broad SMARTS) is 1. The van der Waals surface area contributed by atoms with Gasteiger partial charge in [-0.25, -0.2) is 8.42 Å². The molecule has 0 aromatic heterocycles. The summed E-state index contributed by atoms with van der Waals surface area (Å²) in [4.78, 5) is 11.8. The summed E-state index contributed by atoms with van der Waals surface area (Å²) in [6, 6.07) is 0. The van der Waals surface area contributed by atoms with Gasteiger partial charge in [0.1, 0.15) is 0 Å². The molecule has 1 N–H and O–H groups in total. The highest BCUT2D eigenvalue weighted by Crippen LogP contribution is 2.00. The van der Waals surface area contributed by atoms with Crippen molar-refractivity contribution in [3.8, 4) is 0 Å². The number of carbonyl (C=O) groups is 1. The Kier molecular flexibility index (Phi) is 5.07. The number of rotatable bonds is 6. The van der Waals surface area contributed by atoms with Gasteiger partial charge in [-0.2, -0.15) is 0 Å². The van der Waals surface area contributed by atoms with Gasteiger partial charge in [0, 0.05) is 6.54 Å². The van der Waals surface area contributed by atoms with Gasteiger partial charge < -0.3 is 5.11 Å². The van der Waals surface area contributed by atoms with Crippen LogP contribution in [0.3, 0.4) is 0 Å². The predicted octanol–water partition coefficient (Wildman–Crippen LogP) is -0.174. The number of carboxylic acids is 1. The number of aliphatic carboxylic acids is 1. The fraction of sp³-hybridized carbons (Fsp3) is 0.875. The van der Waals surface area contributed by atoms with E-state index in [9.17, 15) is 13.2 Å². The summed E-state index contributed by atoms with van der Waals surface area (Å²) in [5, 5.41) is 8.03. The molecule has 0 aliphatic carbocycles. The van der Waals surface area contributed by atoms with E-state index in [1.54, 1.807) is 20.9 Å². The van der Waals surface area contributed by atoms with Crippen LogP contribution in [0.25, 0.3) is 0 Å². The second-order valence-corrected chi connectivity index (χ2v) is 6.22. The van der Waals surface area contributed by atoms with Crippen LogP contribution >= 0.6 is 0 Å². The van der Waals surface area contributed by atoms with Crippen LogP contribution in [0.1, 0.15) is 13.8 Å². The summed E-state index contributed by atoms with van der Waals surface area (Å²) in [7, 11) is -1.48. The molecule has 0 saturated carbocycles. The molecule has 0 atom stereocenters. The minimum Gasteiger partial charge on any atom is -0.480 e. The highest BCUT2D eigenvalue weighted by atomic mass is 32.2. The summed E-state index contributed by atoms with van der Waals surface area (Å²) in [6.07, 6.45) is 0. The lowest BCUT2D eigenvalue weighted by molar-refractivity contribution is -0.137. The van der Waals surface area contributed by atoms with Crippen molar-refractivity contribution in [3.05, 3.63) is 0 Å². The Bertz CT molecular complexity index is 284. The quantitative estimate of drug-likeness (QED) is 0.676. The third-order valence-corrected chi connectivity index (χ3v) is 4.07. The highest BCUT2D eigenvalue weighted by Gasteiger charge is 2.17. The first-order valence-corrected chi connectivity index (χ1v) is 6.09. The van der Waals surface area contributed by atoms with Gasteiger partial charge in [0.05, 0.1) is 17.5 Å². The van der Waals surface area contributed by atoms with Gasteiger partial charge in [0.15, 0.2) is 9.84 Å². The lowest BCUT2D eigenvalue weighted by atomic mass is 10.5. The van der Waals surface area contributed by atoms with Crippen molar-refractivity contribution in [2.75, 3.05) is 25.9 Å². The molecule has 0 amide bonds. The molecular formula is C8H17NO4S. The molecule has 0 rings (SSSR count). The smallest absolute Gasteiger partial charge is 0.317 e. The molecule has 14 heavy (non-hydrogen) atoms. The zero-order valence-corrected chi connectivity index (χ0v) is 9.54.